The van der Waals surface area contributed by atoms with Crippen molar-refractivity contribution in [1.82, 2.24) is 15.3 Å². The topological polar surface area (TPSA) is 138 Å². The normalized spacial score (nSPS) is 27.7. The van der Waals surface area contributed by atoms with Crippen LogP contribution in [0, 0.1) is 23.7 Å². The summed E-state index contributed by atoms with van der Waals surface area (Å²) < 4.78 is 45.5. The van der Waals surface area contributed by atoms with Gasteiger partial charge in [-0.2, -0.15) is 18.2 Å². The Morgan fingerprint density at radius 2 is 1.73 bits per heavy atom. The highest BCUT2D eigenvalue weighted by atomic mass is 35.5. The number of methoxy groups -OCH3 is 1. The van der Waals surface area contributed by atoms with E-state index >= 15 is 4.79 Å². The number of pyridine rings is 1. The van der Waals surface area contributed by atoms with E-state index in [9.17, 15) is 32.7 Å². The number of imide groups is 2. The van der Waals surface area contributed by atoms with E-state index in [1.807, 2.05) is 0 Å². The molecule has 0 unspecified atom stereocenters. The molecule has 10 nitrogen and oxygen atoms in total. The number of anilines is 1. The lowest BCUT2D eigenvalue weighted by atomic mass is 9.49. The molecule has 0 bridgehead atoms. The van der Waals surface area contributed by atoms with Gasteiger partial charge in [0.15, 0.2) is 17.3 Å². The molecule has 16 heteroatoms. The monoisotopic (exact) mass is 734 g/mol. The maximum absolute atomic E-state index is 15.1. The Kier molecular flexibility index (Phi) is 7.88. The Balaban J connectivity index is 1.46. The lowest BCUT2D eigenvalue weighted by molar-refractivity contribution is -0.139. The molecule has 3 aromatic rings. The highest BCUT2D eigenvalue weighted by Crippen LogP contribution is 2.64. The molecule has 6 atom stereocenters. The second-order valence-corrected chi connectivity index (χ2v) is 13.6. The van der Waals surface area contributed by atoms with Crippen molar-refractivity contribution in [3.63, 3.8) is 0 Å². The Morgan fingerprint density at radius 3 is 2.39 bits per heavy atom. The van der Waals surface area contributed by atoms with Gasteiger partial charge in [-0.1, -0.05) is 58.6 Å². The summed E-state index contributed by atoms with van der Waals surface area (Å²) in [7, 11) is 1.31. The summed E-state index contributed by atoms with van der Waals surface area (Å²) in [4.78, 5) is 59.5. The zero-order valence-electron chi connectivity index (χ0n) is 25.1. The van der Waals surface area contributed by atoms with Gasteiger partial charge >= 0.3 is 6.18 Å². The number of nitrogens with zero attached hydrogens (tertiary/aromatic N) is 2. The number of alkyl halides is 3. The number of hydrogen-bond acceptors (Lipinski definition) is 8. The number of carbonyl (C=O) groups excluding carboxylic acids is 4. The number of rotatable bonds is 5. The van der Waals surface area contributed by atoms with Crippen molar-refractivity contribution in [2.75, 3.05) is 12.5 Å². The zero-order valence-corrected chi connectivity index (χ0v) is 27.4. The second-order valence-electron chi connectivity index (χ2n) is 12.3. The number of phenolic OH excluding ortho intramolecular Hbond substituents is 1. The van der Waals surface area contributed by atoms with Gasteiger partial charge in [-0.3, -0.25) is 29.9 Å². The smallest absolute Gasteiger partial charge is 0.417 e. The van der Waals surface area contributed by atoms with Gasteiger partial charge in [-0.25, -0.2) is 4.98 Å². The predicted molar refractivity (Wildman–Crippen MR) is 170 cm³/mol. The van der Waals surface area contributed by atoms with E-state index in [1.165, 1.54) is 19.2 Å². The van der Waals surface area contributed by atoms with Crippen LogP contribution in [0.15, 0.2) is 60.3 Å². The summed E-state index contributed by atoms with van der Waals surface area (Å²) in [5, 5.41) is 13.4. The van der Waals surface area contributed by atoms with Crippen LogP contribution in [0.5, 0.6) is 11.5 Å². The van der Waals surface area contributed by atoms with E-state index in [4.69, 9.17) is 39.5 Å². The van der Waals surface area contributed by atoms with Crippen LogP contribution in [-0.2, 0) is 30.8 Å². The van der Waals surface area contributed by atoms with Crippen LogP contribution in [0.3, 0.4) is 0 Å². The van der Waals surface area contributed by atoms with Crippen LogP contribution in [0.1, 0.15) is 35.4 Å². The molecule has 3 fully saturated rings. The van der Waals surface area contributed by atoms with Crippen molar-refractivity contribution in [3.8, 4) is 11.5 Å². The maximum atomic E-state index is 15.1. The predicted octanol–water partition coefficient (Wildman–Crippen LogP) is 6.05. The molecular weight excluding hydrogens is 712 g/mol. The third kappa shape index (κ3) is 4.96. The van der Waals surface area contributed by atoms with Crippen molar-refractivity contribution in [3.05, 3.63) is 92.1 Å². The molecule has 1 saturated carbocycles. The van der Waals surface area contributed by atoms with Gasteiger partial charge < -0.3 is 9.84 Å². The molecule has 49 heavy (non-hydrogen) atoms. The first-order valence-corrected chi connectivity index (χ1v) is 16.1. The number of fused-ring (bicyclic) bond motifs is 4. The molecule has 2 aromatic carbocycles. The second kappa shape index (κ2) is 11.6. The first kappa shape index (κ1) is 33.2. The highest BCUT2D eigenvalue weighted by Gasteiger charge is 2.70. The Morgan fingerprint density at radius 1 is 1.02 bits per heavy atom. The molecule has 0 spiro atoms. The number of phenols is 1. The van der Waals surface area contributed by atoms with E-state index in [-0.39, 0.29) is 35.2 Å². The summed E-state index contributed by atoms with van der Waals surface area (Å²) in [6, 6.07) is 9.83. The third-order valence-electron chi connectivity index (χ3n) is 10.0. The number of aromatic nitrogens is 1. The fourth-order valence-corrected chi connectivity index (χ4v) is 8.54. The van der Waals surface area contributed by atoms with Gasteiger partial charge in [-0.05, 0) is 60.2 Å². The van der Waals surface area contributed by atoms with Gasteiger partial charge in [0.25, 0.3) is 11.8 Å². The number of halogens is 6. The molecule has 2 aliphatic carbocycles. The molecular formula is C33H24Cl3F3N4O6. The quantitative estimate of drug-likeness (QED) is 0.213. The molecule has 254 valence electrons. The number of allylic oxidation sites excluding steroid dienone is 2. The lowest BCUT2D eigenvalue weighted by Crippen LogP contribution is -2.53. The number of nitrogens with one attached hydrogen (secondary N) is 2. The molecule has 1 aromatic heterocycles. The summed E-state index contributed by atoms with van der Waals surface area (Å²) in [6.45, 7) is 0. The fraction of sp³-hybridized carbons (Fsp3) is 0.303. The van der Waals surface area contributed by atoms with E-state index in [0.717, 1.165) is 0 Å². The van der Waals surface area contributed by atoms with E-state index in [1.54, 1.807) is 30.3 Å². The first-order chi connectivity index (χ1) is 23.2. The van der Waals surface area contributed by atoms with Crippen LogP contribution in [0.2, 0.25) is 15.1 Å². The number of ether oxygens (including phenoxy) is 1. The van der Waals surface area contributed by atoms with Gasteiger partial charge in [0.1, 0.15) is 0 Å². The Hall–Kier alpha value is -4.33. The number of amides is 4. The van der Waals surface area contributed by atoms with Crippen LogP contribution >= 0.6 is 34.8 Å². The number of hydrazine groups is 1. The van der Waals surface area contributed by atoms with Gasteiger partial charge in [0, 0.05) is 17.1 Å². The minimum atomic E-state index is -4.75. The van der Waals surface area contributed by atoms with Gasteiger partial charge in [0.2, 0.25) is 11.8 Å². The number of benzene rings is 2. The molecule has 3 N–H and O–H groups in total. The minimum Gasteiger partial charge on any atom is -0.503 e. The van der Waals surface area contributed by atoms with E-state index < -0.39 is 75.4 Å². The van der Waals surface area contributed by atoms with Crippen molar-refractivity contribution in [2.45, 2.75) is 30.4 Å². The van der Waals surface area contributed by atoms with Gasteiger partial charge in [-0.15, -0.1) is 0 Å². The maximum Gasteiger partial charge on any atom is 0.417 e. The number of hydrogen-bond donors (Lipinski definition) is 3. The zero-order chi connectivity index (χ0) is 35.2. The number of carbonyl (C=O) groups is 4. The fourth-order valence-electron chi connectivity index (χ4n) is 7.98. The number of aromatic hydroxyl groups is 1. The molecule has 2 saturated heterocycles. The minimum absolute atomic E-state index is 0.0250. The van der Waals surface area contributed by atoms with Crippen LogP contribution < -0.4 is 15.5 Å². The largest absolute Gasteiger partial charge is 0.503 e. The van der Waals surface area contributed by atoms with Crippen molar-refractivity contribution in [1.29, 1.82) is 0 Å². The highest BCUT2D eigenvalue weighted by molar-refractivity contribution is 6.33. The summed E-state index contributed by atoms with van der Waals surface area (Å²) in [5.74, 6) is -7.75. The Bertz CT molecular complexity index is 1990. The molecule has 4 aliphatic rings. The molecule has 4 amide bonds. The average molecular weight is 736 g/mol. The van der Waals surface area contributed by atoms with Crippen molar-refractivity contribution < 1.29 is 42.2 Å². The Labute approximate surface area is 291 Å². The molecule has 2 aliphatic heterocycles. The standard InChI is InChI=1S/C33H24Cl3F3N4O6/c1-49-23-9-13(8-21(35)26(23)44)25-17-6-7-18-24(29(46)41-28(18)45)19(17)11-20-30(47)43(31(48)32(20,25)14-2-4-16(34)5-3-14)42-27-22(36)10-15(12-40-27)33(37,38)39/h2-6,8-10,12,18-20,24-25,44H,7,11H2,1H3,(H,40,42)(H,41,45,46)/t18-,19+,20-,24-,25-,32+/m0/s1. The van der Waals surface area contributed by atoms with Crippen LogP contribution in [0.4, 0.5) is 19.0 Å². The molecule has 0 radical (unpaired) electrons. The third-order valence-corrected chi connectivity index (χ3v) is 10.8. The molecule has 3 heterocycles. The molecule has 7 rings (SSSR count). The lowest BCUT2D eigenvalue weighted by Gasteiger charge is -2.50. The van der Waals surface area contributed by atoms with Crippen LogP contribution in [0.25, 0.3) is 0 Å². The SMILES string of the molecule is COc1cc([C@H]2C3=CC[C@@H]4C(=O)NC(=O)[C@@H]4[C@@H]3C[C@H]3C(=O)N(Nc4ncc(C(F)(F)F)cc4Cl)C(=O)[C@@]23c2ccc(Cl)cc2)cc(Cl)c1O. The van der Waals surface area contributed by atoms with Crippen LogP contribution in [-0.4, -0.2) is 45.8 Å². The summed E-state index contributed by atoms with van der Waals surface area (Å²) >= 11 is 18.9. The first-order valence-electron chi connectivity index (χ1n) is 14.9. The average Bonchev–Trinajstić information content (AvgIpc) is 3.46. The van der Waals surface area contributed by atoms with Gasteiger partial charge in [0.05, 0.1) is 45.9 Å². The van der Waals surface area contributed by atoms with Crippen molar-refractivity contribution in [2.24, 2.45) is 23.7 Å². The van der Waals surface area contributed by atoms with Crippen molar-refractivity contribution >= 4 is 64.2 Å². The summed E-state index contributed by atoms with van der Waals surface area (Å²) in [5.41, 5.74) is 0.959. The summed E-state index contributed by atoms with van der Waals surface area (Å²) in [6.07, 6.45) is -2.31. The van der Waals surface area contributed by atoms with E-state index in [0.29, 0.717) is 39.0 Å². The van der Waals surface area contributed by atoms with E-state index in [2.05, 4.69) is 15.7 Å².